The lowest BCUT2D eigenvalue weighted by Gasteiger charge is -2.22. The average Bonchev–Trinajstić information content (AvgIpc) is 2.73. The highest BCUT2D eigenvalue weighted by atomic mass is 35.5. The Balaban J connectivity index is 2.25. The molecule has 18 heavy (non-hydrogen) atoms. The molecule has 1 saturated heterocycles. The second-order valence-corrected chi connectivity index (χ2v) is 4.82. The predicted octanol–water partition coefficient (Wildman–Crippen LogP) is 1.20. The van der Waals surface area contributed by atoms with Gasteiger partial charge in [0.15, 0.2) is 0 Å². The Bertz CT molecular complexity index is 541. The van der Waals surface area contributed by atoms with Crippen molar-refractivity contribution < 1.29 is 9.90 Å². The quantitative estimate of drug-likeness (QED) is 0.839. The first-order valence-electron chi connectivity index (χ1n) is 5.43. The number of nitrogens with zero attached hydrogens (tertiary/aromatic N) is 2. The molecule has 1 aromatic rings. The lowest BCUT2D eigenvalue weighted by Crippen LogP contribution is -2.50. The van der Waals surface area contributed by atoms with Crippen molar-refractivity contribution in [3.8, 4) is 6.07 Å². The molecule has 1 atom stereocenters. The minimum atomic E-state index is -1.22. The molecule has 3 N–H and O–H groups in total. The first kappa shape index (κ1) is 12.7. The molecule has 0 aromatic heterocycles. The Morgan fingerprint density at radius 2 is 2.33 bits per heavy atom. The minimum Gasteiger partial charge on any atom is -0.480 e. The van der Waals surface area contributed by atoms with E-state index in [0.29, 0.717) is 29.2 Å². The summed E-state index contributed by atoms with van der Waals surface area (Å²) in [5, 5.41) is 18.2. The number of nitrogens with two attached hydrogens (primary N) is 1. The SMILES string of the molecule is N#Cc1ccc(N2CCC(N)(C(=O)O)C2)c(Cl)c1. The first-order chi connectivity index (χ1) is 8.46. The van der Waals surface area contributed by atoms with Crippen LogP contribution in [0.1, 0.15) is 12.0 Å². The third-order valence-electron chi connectivity index (χ3n) is 3.14. The maximum absolute atomic E-state index is 11.1. The summed E-state index contributed by atoms with van der Waals surface area (Å²) in [5.41, 5.74) is 5.76. The standard InChI is InChI=1S/C12H12ClN3O2/c13-9-5-8(6-14)1-2-10(9)16-4-3-12(15,7-16)11(17)18/h1-2,5H,3-4,7,15H2,(H,17,18). The van der Waals surface area contributed by atoms with E-state index in [1.54, 1.807) is 18.2 Å². The van der Waals surface area contributed by atoms with Gasteiger partial charge in [-0.05, 0) is 24.6 Å². The van der Waals surface area contributed by atoms with Crippen LogP contribution >= 0.6 is 11.6 Å². The summed E-state index contributed by atoms with van der Waals surface area (Å²) in [4.78, 5) is 12.9. The lowest BCUT2D eigenvalue weighted by molar-refractivity contribution is -0.142. The Kier molecular flexibility index (Phi) is 3.16. The van der Waals surface area contributed by atoms with Crippen LogP contribution in [0.3, 0.4) is 0 Å². The van der Waals surface area contributed by atoms with E-state index in [4.69, 9.17) is 27.7 Å². The number of benzene rings is 1. The van der Waals surface area contributed by atoms with E-state index in [2.05, 4.69) is 0 Å². The Morgan fingerprint density at radius 1 is 1.61 bits per heavy atom. The molecule has 0 aliphatic carbocycles. The molecule has 0 spiro atoms. The Hall–Kier alpha value is -1.77. The fourth-order valence-electron chi connectivity index (χ4n) is 2.05. The van der Waals surface area contributed by atoms with Gasteiger partial charge >= 0.3 is 5.97 Å². The van der Waals surface area contributed by atoms with Crippen LogP contribution in [-0.2, 0) is 4.79 Å². The smallest absolute Gasteiger partial charge is 0.325 e. The number of hydrogen-bond donors (Lipinski definition) is 2. The summed E-state index contributed by atoms with van der Waals surface area (Å²) in [7, 11) is 0. The maximum atomic E-state index is 11.1. The van der Waals surface area contributed by atoms with Crippen LogP contribution in [0.4, 0.5) is 5.69 Å². The van der Waals surface area contributed by atoms with Crippen LogP contribution in [0, 0.1) is 11.3 Å². The van der Waals surface area contributed by atoms with Crippen molar-refractivity contribution in [2.24, 2.45) is 5.73 Å². The topological polar surface area (TPSA) is 90.4 Å². The summed E-state index contributed by atoms with van der Waals surface area (Å²) < 4.78 is 0. The van der Waals surface area contributed by atoms with Crippen molar-refractivity contribution in [3.05, 3.63) is 28.8 Å². The van der Waals surface area contributed by atoms with Crippen LogP contribution in [0.15, 0.2) is 18.2 Å². The van der Waals surface area contributed by atoms with Gasteiger partial charge in [-0.1, -0.05) is 11.6 Å². The van der Waals surface area contributed by atoms with Gasteiger partial charge in [-0.15, -0.1) is 0 Å². The molecule has 0 amide bonds. The van der Waals surface area contributed by atoms with Gasteiger partial charge < -0.3 is 15.7 Å². The van der Waals surface area contributed by atoms with E-state index < -0.39 is 11.5 Å². The summed E-state index contributed by atoms with van der Waals surface area (Å²) in [5.74, 6) is -1.00. The molecule has 1 heterocycles. The highest BCUT2D eigenvalue weighted by Crippen LogP contribution is 2.31. The van der Waals surface area contributed by atoms with E-state index >= 15 is 0 Å². The monoisotopic (exact) mass is 265 g/mol. The molecule has 2 rings (SSSR count). The largest absolute Gasteiger partial charge is 0.480 e. The van der Waals surface area contributed by atoms with Gasteiger partial charge in [-0.3, -0.25) is 4.79 Å². The van der Waals surface area contributed by atoms with Crippen LogP contribution in [0.5, 0.6) is 0 Å². The third-order valence-corrected chi connectivity index (χ3v) is 3.45. The number of carboxylic acid groups (broad SMARTS) is 1. The Labute approximate surface area is 109 Å². The zero-order chi connectivity index (χ0) is 13.3. The van der Waals surface area contributed by atoms with E-state index in [1.165, 1.54) is 0 Å². The molecule has 1 fully saturated rings. The second kappa shape index (κ2) is 4.48. The lowest BCUT2D eigenvalue weighted by atomic mass is 10.0. The molecule has 1 aliphatic heterocycles. The van der Waals surface area contributed by atoms with Crippen molar-refractivity contribution in [3.63, 3.8) is 0 Å². The highest BCUT2D eigenvalue weighted by Gasteiger charge is 2.41. The zero-order valence-electron chi connectivity index (χ0n) is 9.56. The molecule has 94 valence electrons. The van der Waals surface area contributed by atoms with Crippen molar-refractivity contribution in [1.29, 1.82) is 5.26 Å². The van der Waals surface area contributed by atoms with Crippen LogP contribution in [-0.4, -0.2) is 29.7 Å². The van der Waals surface area contributed by atoms with Gasteiger partial charge in [0.25, 0.3) is 0 Å². The number of carboxylic acids is 1. The van der Waals surface area contributed by atoms with Crippen molar-refractivity contribution in [2.45, 2.75) is 12.0 Å². The van der Waals surface area contributed by atoms with E-state index in [1.807, 2.05) is 11.0 Å². The minimum absolute atomic E-state index is 0.216. The molecule has 0 bridgehead atoms. The molecule has 5 nitrogen and oxygen atoms in total. The number of anilines is 1. The first-order valence-corrected chi connectivity index (χ1v) is 5.81. The summed E-state index contributed by atoms with van der Waals surface area (Å²) in [6.07, 6.45) is 0.374. The number of carbonyl (C=O) groups is 1. The molecule has 1 aliphatic rings. The zero-order valence-corrected chi connectivity index (χ0v) is 10.3. The number of rotatable bonds is 2. The number of hydrogen-bond acceptors (Lipinski definition) is 4. The summed E-state index contributed by atoms with van der Waals surface area (Å²) in [6.45, 7) is 0.752. The highest BCUT2D eigenvalue weighted by molar-refractivity contribution is 6.33. The van der Waals surface area contributed by atoms with Crippen molar-refractivity contribution in [1.82, 2.24) is 0 Å². The fraction of sp³-hybridized carbons (Fsp3) is 0.333. The van der Waals surface area contributed by atoms with Gasteiger partial charge in [0.05, 0.1) is 22.3 Å². The fourth-order valence-corrected chi connectivity index (χ4v) is 2.35. The van der Waals surface area contributed by atoms with Gasteiger partial charge in [0, 0.05) is 13.1 Å². The number of aliphatic carboxylic acids is 1. The molecule has 0 saturated carbocycles. The maximum Gasteiger partial charge on any atom is 0.325 e. The van der Waals surface area contributed by atoms with Crippen molar-refractivity contribution >= 4 is 23.3 Å². The second-order valence-electron chi connectivity index (χ2n) is 4.41. The van der Waals surface area contributed by atoms with E-state index in [-0.39, 0.29) is 6.54 Å². The summed E-state index contributed by atoms with van der Waals surface area (Å²) in [6, 6.07) is 6.93. The van der Waals surface area contributed by atoms with Crippen LogP contribution in [0.2, 0.25) is 5.02 Å². The predicted molar refractivity (Wildman–Crippen MR) is 67.6 cm³/mol. The van der Waals surface area contributed by atoms with Crippen LogP contribution < -0.4 is 10.6 Å². The Morgan fingerprint density at radius 3 is 2.83 bits per heavy atom. The van der Waals surface area contributed by atoms with Gasteiger partial charge in [-0.2, -0.15) is 5.26 Å². The van der Waals surface area contributed by atoms with Crippen LogP contribution in [0.25, 0.3) is 0 Å². The number of halogens is 1. The molecular formula is C12H12ClN3O2. The normalized spacial score (nSPS) is 22.8. The molecule has 1 unspecified atom stereocenters. The molecule has 6 heteroatoms. The molecular weight excluding hydrogens is 254 g/mol. The molecule has 1 aromatic carbocycles. The number of nitriles is 1. The van der Waals surface area contributed by atoms with E-state index in [9.17, 15) is 4.79 Å². The van der Waals surface area contributed by atoms with Gasteiger partial charge in [0.1, 0.15) is 5.54 Å². The van der Waals surface area contributed by atoms with Crippen molar-refractivity contribution in [2.75, 3.05) is 18.0 Å². The molecule has 0 radical (unpaired) electrons. The third kappa shape index (κ3) is 2.13. The van der Waals surface area contributed by atoms with E-state index in [0.717, 1.165) is 0 Å². The van der Waals surface area contributed by atoms with Gasteiger partial charge in [-0.25, -0.2) is 0 Å². The summed E-state index contributed by atoms with van der Waals surface area (Å²) >= 11 is 6.08. The average molecular weight is 266 g/mol. The van der Waals surface area contributed by atoms with Gasteiger partial charge in [0.2, 0.25) is 0 Å².